The van der Waals surface area contributed by atoms with E-state index in [2.05, 4.69) is 15.6 Å². The highest BCUT2D eigenvalue weighted by Gasteiger charge is 2.28. The van der Waals surface area contributed by atoms with E-state index in [1.807, 2.05) is 42.5 Å². The monoisotopic (exact) mass is 447 g/mol. The fraction of sp³-hybridized carbons (Fsp3) is 0.200. The molecule has 0 bridgehead atoms. The second-order valence-corrected chi connectivity index (χ2v) is 7.72. The summed E-state index contributed by atoms with van der Waals surface area (Å²) in [7, 11) is 1.55. The lowest BCUT2D eigenvalue weighted by molar-refractivity contribution is -0.110. The molecule has 0 spiro atoms. The van der Waals surface area contributed by atoms with Gasteiger partial charge in [0.15, 0.2) is 0 Å². The van der Waals surface area contributed by atoms with E-state index in [-0.39, 0.29) is 12.5 Å². The predicted molar refractivity (Wildman–Crippen MR) is 126 cm³/mol. The summed E-state index contributed by atoms with van der Waals surface area (Å²) in [5.41, 5.74) is 4.76. The third kappa shape index (κ3) is 4.26. The van der Waals surface area contributed by atoms with E-state index < -0.39 is 18.6 Å². The van der Waals surface area contributed by atoms with E-state index in [4.69, 9.17) is 9.84 Å². The van der Waals surface area contributed by atoms with E-state index in [0.717, 1.165) is 11.3 Å². The zero-order chi connectivity index (χ0) is 23.5. The zero-order valence-corrected chi connectivity index (χ0v) is 18.3. The van der Waals surface area contributed by atoms with Crippen molar-refractivity contribution in [1.82, 2.24) is 10.3 Å². The van der Waals surface area contributed by atoms with E-state index in [9.17, 15) is 14.7 Å². The number of aliphatic hydroxyl groups is 2. The maximum Gasteiger partial charge on any atom is 0.256 e. The van der Waals surface area contributed by atoms with Crippen LogP contribution in [-0.4, -0.2) is 53.4 Å². The molecule has 2 aromatic carbocycles. The Kier molecular flexibility index (Phi) is 6.30. The van der Waals surface area contributed by atoms with Crippen molar-refractivity contribution in [1.29, 1.82) is 0 Å². The average molecular weight is 447 g/mol. The van der Waals surface area contributed by atoms with Gasteiger partial charge in [0.25, 0.3) is 11.8 Å². The molecule has 5 N–H and O–H groups in total. The fourth-order valence-corrected chi connectivity index (χ4v) is 3.96. The molecule has 0 unspecified atom stereocenters. The van der Waals surface area contributed by atoms with Crippen molar-refractivity contribution in [3.63, 3.8) is 0 Å². The molecular formula is C25H25N3O5. The molecule has 33 heavy (non-hydrogen) atoms. The van der Waals surface area contributed by atoms with Crippen LogP contribution in [0.4, 0.5) is 5.69 Å². The van der Waals surface area contributed by atoms with Crippen molar-refractivity contribution in [3.8, 4) is 16.9 Å². The molecule has 4 rings (SSSR count). The summed E-state index contributed by atoms with van der Waals surface area (Å²) < 4.78 is 5.54. The molecule has 1 aliphatic rings. The average Bonchev–Trinajstić information content (AvgIpc) is 3.33. The predicted octanol–water partition coefficient (Wildman–Crippen LogP) is 2.57. The summed E-state index contributed by atoms with van der Waals surface area (Å²) in [6.07, 6.45) is 0.665. The third-order valence-electron chi connectivity index (χ3n) is 5.53. The number of carbonyl (C=O) groups is 2. The van der Waals surface area contributed by atoms with Gasteiger partial charge in [0.05, 0.1) is 31.0 Å². The third-order valence-corrected chi connectivity index (χ3v) is 5.53. The van der Waals surface area contributed by atoms with Crippen LogP contribution < -0.4 is 15.4 Å². The Hall–Kier alpha value is -3.88. The van der Waals surface area contributed by atoms with E-state index >= 15 is 0 Å². The van der Waals surface area contributed by atoms with Crippen LogP contribution in [0.2, 0.25) is 0 Å². The number of aromatic nitrogens is 1. The van der Waals surface area contributed by atoms with Crippen molar-refractivity contribution in [2.24, 2.45) is 0 Å². The van der Waals surface area contributed by atoms with Gasteiger partial charge < -0.3 is 30.6 Å². The van der Waals surface area contributed by atoms with Crippen molar-refractivity contribution in [3.05, 3.63) is 71.0 Å². The highest BCUT2D eigenvalue weighted by Crippen LogP contribution is 2.39. The van der Waals surface area contributed by atoms with Gasteiger partial charge in [-0.2, -0.15) is 0 Å². The number of hydrogen-bond donors (Lipinski definition) is 5. The van der Waals surface area contributed by atoms with Gasteiger partial charge in [-0.15, -0.1) is 0 Å². The summed E-state index contributed by atoms with van der Waals surface area (Å²) in [5.74, 6) is -0.0820. The molecule has 0 fully saturated rings. The zero-order valence-electron chi connectivity index (χ0n) is 18.3. The maximum atomic E-state index is 13.1. The quantitative estimate of drug-likeness (QED) is 0.356. The van der Waals surface area contributed by atoms with Gasteiger partial charge in [-0.1, -0.05) is 36.4 Å². The van der Waals surface area contributed by atoms with Gasteiger partial charge in [-0.05, 0) is 25.1 Å². The molecule has 0 radical (unpaired) electrons. The molecule has 8 nitrogen and oxygen atoms in total. The van der Waals surface area contributed by atoms with Crippen LogP contribution >= 0.6 is 0 Å². The second kappa shape index (κ2) is 9.32. The smallest absolute Gasteiger partial charge is 0.256 e. The number of para-hydroxylation sites is 2. The van der Waals surface area contributed by atoms with Crippen LogP contribution in [0.5, 0.6) is 5.75 Å². The van der Waals surface area contributed by atoms with Crippen molar-refractivity contribution in [2.45, 2.75) is 13.0 Å². The molecule has 2 amide bonds. The van der Waals surface area contributed by atoms with Crippen LogP contribution in [0.15, 0.2) is 48.5 Å². The molecule has 8 heteroatoms. The summed E-state index contributed by atoms with van der Waals surface area (Å²) >= 11 is 0. The summed E-state index contributed by atoms with van der Waals surface area (Å²) in [5, 5.41) is 24.3. The van der Waals surface area contributed by atoms with Gasteiger partial charge in [-0.3, -0.25) is 9.59 Å². The number of carbonyl (C=O) groups excluding carboxylic acids is 2. The van der Waals surface area contributed by atoms with Crippen LogP contribution in [0.25, 0.3) is 22.8 Å². The number of amides is 2. The van der Waals surface area contributed by atoms with Gasteiger partial charge in [0, 0.05) is 40.3 Å². The first-order valence-corrected chi connectivity index (χ1v) is 10.5. The number of ether oxygens (including phenoxy) is 1. The van der Waals surface area contributed by atoms with Crippen molar-refractivity contribution >= 4 is 29.2 Å². The first kappa shape index (κ1) is 22.3. The molecule has 0 saturated heterocycles. The van der Waals surface area contributed by atoms with Gasteiger partial charge in [-0.25, -0.2) is 0 Å². The Bertz CT molecular complexity index is 1240. The first-order valence-electron chi connectivity index (χ1n) is 10.5. The molecule has 170 valence electrons. The maximum absolute atomic E-state index is 13.1. The highest BCUT2D eigenvalue weighted by atomic mass is 16.5. The minimum Gasteiger partial charge on any atom is -0.496 e. The number of aliphatic hydroxyl groups excluding tert-OH is 2. The number of aromatic amines is 1. The minimum atomic E-state index is -1.07. The lowest BCUT2D eigenvalue weighted by Gasteiger charge is -2.13. The Labute approximate surface area is 190 Å². The minimum absolute atomic E-state index is 0.0997. The topological polar surface area (TPSA) is 124 Å². The number of rotatable bonds is 7. The van der Waals surface area contributed by atoms with Crippen molar-refractivity contribution in [2.75, 3.05) is 25.6 Å². The Morgan fingerprint density at radius 1 is 1.15 bits per heavy atom. The molecule has 1 aliphatic heterocycles. The molecular weight excluding hydrogens is 422 g/mol. The number of H-pyrrole nitrogens is 1. The highest BCUT2D eigenvalue weighted by molar-refractivity contribution is 6.35. The second-order valence-electron chi connectivity index (χ2n) is 7.72. The molecule has 2 heterocycles. The fourth-order valence-electron chi connectivity index (χ4n) is 3.96. The Balaban J connectivity index is 1.88. The molecule has 0 saturated carbocycles. The number of nitrogens with one attached hydrogen (secondary N) is 3. The van der Waals surface area contributed by atoms with Gasteiger partial charge in [0.2, 0.25) is 0 Å². The number of aryl methyl sites for hydroxylation is 1. The molecule has 1 aromatic heterocycles. The number of fused-ring (bicyclic) bond motifs is 1. The Morgan fingerprint density at radius 3 is 2.58 bits per heavy atom. The number of hydrogen-bond acceptors (Lipinski definition) is 5. The molecule has 0 aliphatic carbocycles. The molecule has 3 aromatic rings. The van der Waals surface area contributed by atoms with Crippen LogP contribution in [-0.2, 0) is 4.79 Å². The first-order chi connectivity index (χ1) is 15.9. The lowest BCUT2D eigenvalue weighted by atomic mass is 9.96. The normalized spacial score (nSPS) is 14.7. The van der Waals surface area contributed by atoms with Crippen LogP contribution in [0.1, 0.15) is 27.3 Å². The van der Waals surface area contributed by atoms with Crippen molar-refractivity contribution < 1.29 is 24.5 Å². The van der Waals surface area contributed by atoms with E-state index in [1.165, 1.54) is 0 Å². The number of methoxy groups -OCH3 is 1. The summed E-state index contributed by atoms with van der Waals surface area (Å²) in [6.45, 7) is 1.20. The van der Waals surface area contributed by atoms with Gasteiger partial charge in [0.1, 0.15) is 5.75 Å². The largest absolute Gasteiger partial charge is 0.496 e. The standard InChI is InChI=1S/C25H25N3O5/c1-14-22(25(32)26-12-15(30)13-29)23(17-8-4-6-10-21(17)33-2)20(27-14)11-18-16-7-3-5-9-19(16)28-24(18)31/h3-11,15,27,29-30H,12-13H2,1-2H3,(H,26,32)(H,28,31)/t15-/m1/s1. The molecule has 1 atom stereocenters. The van der Waals surface area contributed by atoms with E-state index in [0.29, 0.717) is 39.4 Å². The Morgan fingerprint density at radius 2 is 1.85 bits per heavy atom. The van der Waals surface area contributed by atoms with E-state index in [1.54, 1.807) is 26.2 Å². The summed E-state index contributed by atoms with van der Waals surface area (Å²) in [4.78, 5) is 29.1. The number of benzene rings is 2. The summed E-state index contributed by atoms with van der Waals surface area (Å²) in [6, 6.07) is 14.7. The van der Waals surface area contributed by atoms with Gasteiger partial charge >= 0.3 is 0 Å². The SMILES string of the molecule is COc1ccccc1-c1c(C=C2C(=O)Nc3ccccc32)[nH]c(C)c1C(=O)NC[C@@H](O)CO. The lowest BCUT2D eigenvalue weighted by Crippen LogP contribution is -2.34. The van der Waals surface area contributed by atoms with Crippen LogP contribution in [0.3, 0.4) is 0 Å². The number of anilines is 1. The van der Waals surface area contributed by atoms with Crippen LogP contribution in [0, 0.1) is 6.92 Å².